The van der Waals surface area contributed by atoms with E-state index in [9.17, 15) is 0 Å². The second-order valence-corrected chi connectivity index (χ2v) is 12.8. The third-order valence-electron chi connectivity index (χ3n) is 6.98. The third-order valence-corrected chi connectivity index (χ3v) is 10.6. The zero-order valence-electron chi connectivity index (χ0n) is 18.3. The van der Waals surface area contributed by atoms with Crippen molar-refractivity contribution in [1.82, 2.24) is 0 Å². The van der Waals surface area contributed by atoms with E-state index in [1.807, 2.05) is 0 Å². The zero-order chi connectivity index (χ0) is 20.4. The molecule has 1 saturated carbocycles. The Kier molecular flexibility index (Phi) is 5.94. The van der Waals surface area contributed by atoms with Crippen LogP contribution in [0.25, 0.3) is 10.8 Å². The summed E-state index contributed by atoms with van der Waals surface area (Å²) in [7, 11) is -2.37. The fourth-order valence-corrected chi connectivity index (χ4v) is 8.67. The molecule has 0 spiro atoms. The summed E-state index contributed by atoms with van der Waals surface area (Å²) in [5, 5.41) is 5.43. The molecule has 0 saturated heterocycles. The van der Waals surface area contributed by atoms with Crippen molar-refractivity contribution in [1.29, 1.82) is 0 Å². The lowest BCUT2D eigenvalue weighted by atomic mass is 9.75. The van der Waals surface area contributed by atoms with E-state index < -0.39 is 8.32 Å². The molecule has 1 aliphatic rings. The summed E-state index contributed by atoms with van der Waals surface area (Å²) in [6.45, 7) is 9.56. The lowest BCUT2D eigenvalue weighted by Crippen LogP contribution is -2.61. The maximum absolute atomic E-state index is 7.34. The van der Waals surface area contributed by atoms with Gasteiger partial charge in [0, 0.05) is 6.10 Å². The van der Waals surface area contributed by atoms with E-state index in [0.717, 1.165) is 5.92 Å². The molecule has 0 N–H and O–H groups in total. The summed E-state index contributed by atoms with van der Waals surface area (Å²) in [4.78, 5) is 0. The van der Waals surface area contributed by atoms with Crippen LogP contribution in [0.15, 0.2) is 72.8 Å². The van der Waals surface area contributed by atoms with Crippen molar-refractivity contribution in [2.24, 2.45) is 17.8 Å². The van der Waals surface area contributed by atoms with Crippen LogP contribution in [0.1, 0.15) is 40.0 Å². The van der Waals surface area contributed by atoms with E-state index in [0.29, 0.717) is 17.9 Å². The maximum Gasteiger partial charge on any atom is 0.253 e. The van der Waals surface area contributed by atoms with Gasteiger partial charge in [-0.05, 0) is 58.3 Å². The molecule has 0 bridgehead atoms. The second-order valence-electron chi connectivity index (χ2n) is 9.41. The van der Waals surface area contributed by atoms with Gasteiger partial charge >= 0.3 is 0 Å². The van der Waals surface area contributed by atoms with E-state index in [4.69, 9.17) is 4.43 Å². The van der Waals surface area contributed by atoms with Gasteiger partial charge in [0.05, 0.1) is 0 Å². The van der Waals surface area contributed by atoms with Crippen molar-refractivity contribution in [3.63, 3.8) is 0 Å². The summed E-state index contributed by atoms with van der Waals surface area (Å²) in [5.41, 5.74) is 0. The molecular formula is C27H34OSi. The Morgan fingerprint density at radius 1 is 0.862 bits per heavy atom. The van der Waals surface area contributed by atoms with Gasteiger partial charge in [-0.2, -0.15) is 0 Å². The number of fused-ring (bicyclic) bond motifs is 1. The van der Waals surface area contributed by atoms with Crippen LogP contribution >= 0.6 is 0 Å². The van der Waals surface area contributed by atoms with Gasteiger partial charge in [-0.3, -0.25) is 0 Å². The van der Waals surface area contributed by atoms with Crippen LogP contribution in [0.5, 0.6) is 0 Å². The molecule has 152 valence electrons. The summed E-state index contributed by atoms with van der Waals surface area (Å²) < 4.78 is 7.34. The minimum Gasteiger partial charge on any atom is -0.405 e. The highest BCUT2D eigenvalue weighted by Crippen LogP contribution is 2.37. The molecule has 3 aromatic carbocycles. The molecule has 29 heavy (non-hydrogen) atoms. The van der Waals surface area contributed by atoms with Crippen LogP contribution in [0.4, 0.5) is 0 Å². The largest absolute Gasteiger partial charge is 0.405 e. The van der Waals surface area contributed by atoms with Crippen molar-refractivity contribution in [3.05, 3.63) is 72.8 Å². The highest BCUT2D eigenvalue weighted by molar-refractivity contribution is 6.98. The maximum atomic E-state index is 7.34. The number of benzene rings is 3. The van der Waals surface area contributed by atoms with Crippen LogP contribution in [-0.4, -0.2) is 14.4 Å². The van der Waals surface area contributed by atoms with E-state index in [1.165, 1.54) is 40.4 Å². The predicted octanol–water partition coefficient (Wildman–Crippen LogP) is 6.01. The normalized spacial score (nSPS) is 24.5. The van der Waals surface area contributed by atoms with Crippen molar-refractivity contribution in [3.8, 4) is 0 Å². The van der Waals surface area contributed by atoms with E-state index in [2.05, 4.69) is 100 Å². The standard InChI is InChI=1S/C27H34OSi/c1-20(2)24-18-17-21(3)19-26(24)28-29(4,23-13-6-5-7-14-23)27-16-10-12-22-11-8-9-15-25(22)27/h5-16,20-21,24,26H,17-19H2,1-4H3/t21-,24+,26-,29+/m1/s1. The topological polar surface area (TPSA) is 9.23 Å². The van der Waals surface area contributed by atoms with Crippen LogP contribution in [0.3, 0.4) is 0 Å². The molecule has 0 amide bonds. The fourth-order valence-electron chi connectivity index (χ4n) is 5.24. The Morgan fingerprint density at radius 2 is 1.55 bits per heavy atom. The molecule has 0 aromatic heterocycles. The first kappa shape index (κ1) is 20.4. The molecule has 3 aromatic rings. The molecular weight excluding hydrogens is 368 g/mol. The molecule has 4 atom stereocenters. The molecule has 2 heteroatoms. The molecule has 1 fully saturated rings. The highest BCUT2D eigenvalue weighted by atomic mass is 28.4. The summed E-state index contributed by atoms with van der Waals surface area (Å²) in [6, 6.07) is 26.5. The number of hydrogen-bond donors (Lipinski definition) is 0. The highest BCUT2D eigenvalue weighted by Gasteiger charge is 2.42. The Hall–Kier alpha value is -1.90. The first-order valence-corrected chi connectivity index (χ1v) is 13.6. The smallest absolute Gasteiger partial charge is 0.253 e. The first-order chi connectivity index (χ1) is 14.0. The fraction of sp³-hybridized carbons (Fsp3) is 0.407. The van der Waals surface area contributed by atoms with Gasteiger partial charge < -0.3 is 4.43 Å². The zero-order valence-corrected chi connectivity index (χ0v) is 19.3. The molecule has 0 aliphatic heterocycles. The minimum atomic E-state index is -2.37. The van der Waals surface area contributed by atoms with Gasteiger partial charge in [-0.15, -0.1) is 0 Å². The second kappa shape index (κ2) is 8.45. The van der Waals surface area contributed by atoms with E-state index in [-0.39, 0.29) is 0 Å². The Bertz CT molecular complexity index is 946. The monoisotopic (exact) mass is 402 g/mol. The van der Waals surface area contributed by atoms with Gasteiger partial charge in [0.25, 0.3) is 8.32 Å². The molecule has 4 rings (SSSR count). The van der Waals surface area contributed by atoms with Crippen LogP contribution in [-0.2, 0) is 4.43 Å². The van der Waals surface area contributed by atoms with Crippen LogP contribution < -0.4 is 10.4 Å². The van der Waals surface area contributed by atoms with Crippen molar-refractivity contribution in [2.75, 3.05) is 0 Å². The molecule has 1 nitrogen and oxygen atoms in total. The number of rotatable bonds is 5. The Labute approximate surface area is 177 Å². The van der Waals surface area contributed by atoms with Crippen LogP contribution in [0, 0.1) is 17.8 Å². The van der Waals surface area contributed by atoms with Gasteiger partial charge in [0.1, 0.15) is 0 Å². The average molecular weight is 403 g/mol. The SMILES string of the molecule is CC(C)[C@@H]1CC[C@@H](C)C[C@H]1O[Si@@](C)(c1ccccc1)c1cccc2ccccc12. The summed E-state index contributed by atoms with van der Waals surface area (Å²) in [5.74, 6) is 2.06. The van der Waals surface area contributed by atoms with E-state index >= 15 is 0 Å². The molecule has 0 unspecified atom stereocenters. The first-order valence-electron chi connectivity index (χ1n) is 11.2. The Morgan fingerprint density at radius 3 is 2.31 bits per heavy atom. The van der Waals surface area contributed by atoms with Crippen molar-refractivity contribution < 1.29 is 4.43 Å². The van der Waals surface area contributed by atoms with Gasteiger partial charge in [0.2, 0.25) is 0 Å². The summed E-state index contributed by atoms with van der Waals surface area (Å²) >= 11 is 0. The third kappa shape index (κ3) is 4.06. The predicted molar refractivity (Wildman–Crippen MR) is 127 cm³/mol. The van der Waals surface area contributed by atoms with Gasteiger partial charge in [0.15, 0.2) is 0 Å². The molecule has 0 radical (unpaired) electrons. The van der Waals surface area contributed by atoms with Gasteiger partial charge in [-0.25, -0.2) is 0 Å². The lowest BCUT2D eigenvalue weighted by molar-refractivity contribution is 0.0431. The van der Waals surface area contributed by atoms with E-state index in [1.54, 1.807) is 0 Å². The Balaban J connectivity index is 1.84. The van der Waals surface area contributed by atoms with Gasteiger partial charge in [-0.1, -0.05) is 100.0 Å². The van der Waals surface area contributed by atoms with Crippen molar-refractivity contribution in [2.45, 2.75) is 52.7 Å². The molecule has 1 aliphatic carbocycles. The minimum absolute atomic E-state index is 0.342. The lowest BCUT2D eigenvalue weighted by Gasteiger charge is -2.42. The van der Waals surface area contributed by atoms with Crippen LogP contribution in [0.2, 0.25) is 6.55 Å². The quantitative estimate of drug-likeness (QED) is 0.475. The van der Waals surface area contributed by atoms with Crippen molar-refractivity contribution >= 4 is 29.5 Å². The average Bonchev–Trinajstić information content (AvgIpc) is 2.73. The number of hydrogen-bond acceptors (Lipinski definition) is 1. The molecule has 0 heterocycles. The summed E-state index contributed by atoms with van der Waals surface area (Å²) in [6.07, 6.45) is 4.15.